The van der Waals surface area contributed by atoms with E-state index in [9.17, 15) is 9.59 Å². The molecule has 7 nitrogen and oxygen atoms in total. The predicted molar refractivity (Wildman–Crippen MR) is 150 cm³/mol. The normalized spacial score (nSPS) is 11.9. The molecule has 37 heavy (non-hydrogen) atoms. The number of nitrogens with one attached hydrogen (secondary N) is 2. The van der Waals surface area contributed by atoms with Crippen molar-refractivity contribution in [2.75, 3.05) is 11.8 Å². The third-order valence-electron chi connectivity index (χ3n) is 6.46. The van der Waals surface area contributed by atoms with Crippen molar-refractivity contribution in [3.8, 4) is 11.1 Å². The predicted octanol–water partition coefficient (Wildman–Crippen LogP) is 6.37. The second kappa shape index (κ2) is 13.3. The van der Waals surface area contributed by atoms with Crippen LogP contribution in [0.3, 0.4) is 0 Å². The number of carbonyl (C=O) groups excluding carboxylic acids is 2. The molecule has 1 atom stereocenters. The van der Waals surface area contributed by atoms with Crippen molar-refractivity contribution in [3.05, 3.63) is 65.4 Å². The molecule has 2 aromatic carbocycles. The Balaban J connectivity index is 1.81. The summed E-state index contributed by atoms with van der Waals surface area (Å²) in [6, 6.07) is 15.9. The monoisotopic (exact) mass is 522 g/mol. The smallest absolute Gasteiger partial charge is 0.242 e. The minimum Gasteiger partial charge on any atom is -0.357 e. The lowest BCUT2D eigenvalue weighted by molar-refractivity contribution is -0.142. The number of benzene rings is 2. The summed E-state index contributed by atoms with van der Waals surface area (Å²) in [5.41, 5.74) is 4.99. The first-order chi connectivity index (χ1) is 17.8. The van der Waals surface area contributed by atoms with Gasteiger partial charge in [-0.15, -0.1) is 0 Å². The number of hydrogen-bond donors (Lipinski definition) is 2. The van der Waals surface area contributed by atoms with Gasteiger partial charge >= 0.3 is 0 Å². The molecule has 0 spiro atoms. The number of hydrogen-bond acceptors (Lipinski definition) is 6. The molecular weight excluding hydrogens is 484 g/mol. The number of likely N-dealkylation sites (N-methyl/N-ethyl adjacent to an activating group) is 1. The number of nitrogens with zero attached hydrogens (tertiary/aromatic N) is 2. The second-order valence-electron chi connectivity index (χ2n) is 9.55. The first-order valence-electron chi connectivity index (χ1n) is 12.8. The lowest BCUT2D eigenvalue weighted by atomic mass is 9.99. The number of anilines is 1. The van der Waals surface area contributed by atoms with E-state index in [-0.39, 0.29) is 17.7 Å². The standard InChI is InChI=1S/C29H38N4O3S/c1-7-8-13-26(34)33(27(19(2)3)28(35)30-6)18-22-14-16-23(17-15-22)24-11-9-10-12-25(24)37-32-29-20(4)21(5)31-36-29/h9-12,14-17,19,27,32H,7-8,13,18H2,1-6H3,(H,30,35)/t27-/m0/s1. The van der Waals surface area contributed by atoms with E-state index >= 15 is 0 Å². The molecule has 2 amide bonds. The van der Waals surface area contributed by atoms with Crippen LogP contribution in [0.4, 0.5) is 5.88 Å². The Morgan fingerprint density at radius 3 is 2.38 bits per heavy atom. The van der Waals surface area contributed by atoms with Gasteiger partial charge in [0, 0.05) is 30.5 Å². The zero-order valence-electron chi connectivity index (χ0n) is 22.6. The van der Waals surface area contributed by atoms with E-state index in [0.717, 1.165) is 45.7 Å². The third kappa shape index (κ3) is 7.16. The Bertz CT molecular complexity index is 1190. The van der Waals surface area contributed by atoms with Gasteiger partial charge in [-0.2, -0.15) is 0 Å². The molecule has 0 saturated heterocycles. The van der Waals surface area contributed by atoms with E-state index in [0.29, 0.717) is 18.8 Å². The average molecular weight is 523 g/mol. The molecule has 1 aromatic heterocycles. The minimum absolute atomic E-state index is 0.00186. The first kappa shape index (κ1) is 28.3. The van der Waals surface area contributed by atoms with Gasteiger partial charge in [-0.25, -0.2) is 0 Å². The molecule has 0 saturated carbocycles. The number of aryl methyl sites for hydroxylation is 1. The van der Waals surface area contributed by atoms with Crippen LogP contribution in [-0.4, -0.2) is 35.0 Å². The highest BCUT2D eigenvalue weighted by atomic mass is 32.2. The Kier molecular flexibility index (Phi) is 10.2. The maximum absolute atomic E-state index is 13.1. The van der Waals surface area contributed by atoms with Crippen LogP contribution in [0.1, 0.15) is 56.9 Å². The fourth-order valence-corrected chi connectivity index (χ4v) is 4.99. The molecule has 8 heteroatoms. The van der Waals surface area contributed by atoms with E-state index in [1.54, 1.807) is 11.9 Å². The fraction of sp³-hybridized carbons (Fsp3) is 0.414. The number of carbonyl (C=O) groups is 2. The zero-order valence-corrected chi connectivity index (χ0v) is 23.4. The van der Waals surface area contributed by atoms with Gasteiger partial charge in [-0.05, 0) is 60.9 Å². The molecule has 0 radical (unpaired) electrons. The third-order valence-corrected chi connectivity index (χ3v) is 7.33. The molecule has 0 aliphatic heterocycles. The highest BCUT2D eigenvalue weighted by Crippen LogP contribution is 2.33. The van der Waals surface area contributed by atoms with Gasteiger partial charge in [0.15, 0.2) is 0 Å². The van der Waals surface area contributed by atoms with Crippen LogP contribution in [-0.2, 0) is 16.1 Å². The Morgan fingerprint density at radius 2 is 1.78 bits per heavy atom. The molecule has 0 bridgehead atoms. The molecule has 3 rings (SSSR count). The Labute approximate surface area is 224 Å². The molecule has 0 aliphatic carbocycles. The highest BCUT2D eigenvalue weighted by Gasteiger charge is 2.31. The number of unbranched alkanes of at least 4 members (excludes halogenated alkanes) is 1. The summed E-state index contributed by atoms with van der Waals surface area (Å²) in [6.45, 7) is 10.3. The fourth-order valence-electron chi connectivity index (χ4n) is 4.16. The largest absolute Gasteiger partial charge is 0.357 e. The molecule has 1 heterocycles. The van der Waals surface area contributed by atoms with Crippen LogP contribution in [0, 0.1) is 19.8 Å². The van der Waals surface area contributed by atoms with E-state index < -0.39 is 6.04 Å². The molecule has 3 aromatic rings. The van der Waals surface area contributed by atoms with Crippen molar-refractivity contribution < 1.29 is 14.1 Å². The maximum Gasteiger partial charge on any atom is 0.242 e. The first-order valence-corrected chi connectivity index (χ1v) is 13.6. The second-order valence-corrected chi connectivity index (χ2v) is 10.4. The summed E-state index contributed by atoms with van der Waals surface area (Å²) in [5, 5.41) is 6.74. The summed E-state index contributed by atoms with van der Waals surface area (Å²) in [4.78, 5) is 28.6. The van der Waals surface area contributed by atoms with Crippen molar-refractivity contribution in [3.63, 3.8) is 0 Å². The van der Waals surface area contributed by atoms with Gasteiger partial charge in [-0.1, -0.05) is 74.8 Å². The molecule has 0 aliphatic rings. The van der Waals surface area contributed by atoms with Crippen LogP contribution in [0.5, 0.6) is 0 Å². The van der Waals surface area contributed by atoms with E-state index in [4.69, 9.17) is 4.52 Å². The summed E-state index contributed by atoms with van der Waals surface area (Å²) in [7, 11) is 1.62. The highest BCUT2D eigenvalue weighted by molar-refractivity contribution is 8.00. The van der Waals surface area contributed by atoms with E-state index in [2.05, 4.69) is 46.4 Å². The van der Waals surface area contributed by atoms with Gasteiger partial charge in [0.25, 0.3) is 0 Å². The van der Waals surface area contributed by atoms with Crippen molar-refractivity contribution in [1.29, 1.82) is 0 Å². The van der Waals surface area contributed by atoms with Gasteiger partial charge in [0.2, 0.25) is 17.7 Å². The Morgan fingerprint density at radius 1 is 1.08 bits per heavy atom. The van der Waals surface area contributed by atoms with Crippen LogP contribution in [0.2, 0.25) is 0 Å². The summed E-state index contributed by atoms with van der Waals surface area (Å²) >= 11 is 1.48. The van der Waals surface area contributed by atoms with Crippen molar-refractivity contribution in [2.45, 2.75) is 71.4 Å². The van der Waals surface area contributed by atoms with Crippen LogP contribution in [0.25, 0.3) is 11.1 Å². The van der Waals surface area contributed by atoms with Crippen LogP contribution in [0.15, 0.2) is 57.9 Å². The van der Waals surface area contributed by atoms with Crippen LogP contribution < -0.4 is 10.0 Å². The molecule has 0 fully saturated rings. The van der Waals surface area contributed by atoms with Gasteiger partial charge < -0.3 is 14.7 Å². The van der Waals surface area contributed by atoms with Crippen molar-refractivity contribution >= 4 is 29.6 Å². The zero-order chi connectivity index (χ0) is 26.9. The Hall–Kier alpha value is -3.26. The van der Waals surface area contributed by atoms with Crippen molar-refractivity contribution in [2.24, 2.45) is 5.92 Å². The number of rotatable bonds is 12. The summed E-state index contributed by atoms with van der Waals surface area (Å²) in [6.07, 6.45) is 2.18. The topological polar surface area (TPSA) is 87.5 Å². The SMILES string of the molecule is CCCCC(=O)N(Cc1ccc(-c2ccccc2SNc2onc(C)c2C)cc1)[C@H](C(=O)NC)C(C)C. The summed E-state index contributed by atoms with van der Waals surface area (Å²) < 4.78 is 8.65. The van der Waals surface area contributed by atoms with E-state index in [1.165, 1.54) is 11.9 Å². The quantitative estimate of drug-likeness (QED) is 0.269. The van der Waals surface area contributed by atoms with Crippen molar-refractivity contribution in [1.82, 2.24) is 15.4 Å². The minimum atomic E-state index is -0.514. The lowest BCUT2D eigenvalue weighted by Crippen LogP contribution is -2.51. The molecular formula is C29H38N4O3S. The molecule has 0 unspecified atom stereocenters. The lowest BCUT2D eigenvalue weighted by Gasteiger charge is -2.33. The molecule has 198 valence electrons. The average Bonchev–Trinajstić information content (AvgIpc) is 3.22. The number of amides is 2. The summed E-state index contributed by atoms with van der Waals surface area (Å²) in [5.74, 6) is 0.528. The maximum atomic E-state index is 13.1. The van der Waals surface area contributed by atoms with Gasteiger partial charge in [0.05, 0.1) is 5.69 Å². The number of aromatic nitrogens is 1. The van der Waals surface area contributed by atoms with Gasteiger partial charge in [-0.3, -0.25) is 14.3 Å². The molecule has 2 N–H and O–H groups in total. The van der Waals surface area contributed by atoms with Crippen LogP contribution >= 0.6 is 11.9 Å². The van der Waals surface area contributed by atoms with E-state index in [1.807, 2.05) is 52.0 Å². The van der Waals surface area contributed by atoms with Gasteiger partial charge in [0.1, 0.15) is 6.04 Å².